The molecule has 6 nitrogen and oxygen atoms in total. The zero-order chi connectivity index (χ0) is 15.6. The van der Waals surface area contributed by atoms with E-state index in [1.165, 1.54) is 25.1 Å². The van der Waals surface area contributed by atoms with Gasteiger partial charge < -0.3 is 9.84 Å². The van der Waals surface area contributed by atoms with Crippen LogP contribution in [0, 0.1) is 27.3 Å². The number of rotatable bonds is 4. The summed E-state index contributed by atoms with van der Waals surface area (Å²) in [5.74, 6) is -0.737. The first-order chi connectivity index (χ1) is 9.92. The van der Waals surface area contributed by atoms with E-state index in [0.29, 0.717) is 4.88 Å². The van der Waals surface area contributed by atoms with Crippen molar-refractivity contribution in [1.29, 1.82) is 5.26 Å². The Morgan fingerprint density at radius 1 is 1.52 bits per heavy atom. The Kier molecular flexibility index (Phi) is 4.16. The summed E-state index contributed by atoms with van der Waals surface area (Å²) >= 11 is 0.905. The van der Waals surface area contributed by atoms with Crippen LogP contribution in [-0.2, 0) is 0 Å². The standard InChI is InChI=1S/C13H9FN2O4S/c1-7(17)12-5-11(16(18)19)13(21-12)20-9-3-2-8(6-15)10(14)4-9/h2-5,7,17H,1H3/t7-/m1/s1. The first kappa shape index (κ1) is 14.9. The first-order valence-electron chi connectivity index (χ1n) is 5.76. The molecule has 0 saturated heterocycles. The maximum atomic E-state index is 13.5. The number of nitro groups is 1. The molecule has 0 bridgehead atoms. The number of ether oxygens (including phenoxy) is 1. The third-order valence-corrected chi connectivity index (χ3v) is 3.75. The minimum Gasteiger partial charge on any atom is -0.440 e. The van der Waals surface area contributed by atoms with Gasteiger partial charge >= 0.3 is 5.69 Å². The Labute approximate surface area is 122 Å². The van der Waals surface area contributed by atoms with E-state index in [1.54, 1.807) is 6.07 Å². The molecule has 8 heteroatoms. The van der Waals surface area contributed by atoms with Crippen LogP contribution in [0.2, 0.25) is 0 Å². The van der Waals surface area contributed by atoms with Crippen molar-refractivity contribution in [2.24, 2.45) is 0 Å². The van der Waals surface area contributed by atoms with Gasteiger partial charge in [0.1, 0.15) is 17.6 Å². The van der Waals surface area contributed by atoms with Crippen LogP contribution in [-0.4, -0.2) is 10.0 Å². The second-order valence-corrected chi connectivity index (χ2v) is 5.16. The highest BCUT2D eigenvalue weighted by atomic mass is 32.1. The molecule has 1 heterocycles. The number of benzene rings is 1. The van der Waals surface area contributed by atoms with Crippen molar-refractivity contribution < 1.29 is 19.2 Å². The van der Waals surface area contributed by atoms with Crippen LogP contribution in [0.1, 0.15) is 23.5 Å². The average molecular weight is 308 g/mol. The van der Waals surface area contributed by atoms with Gasteiger partial charge in [-0.1, -0.05) is 11.3 Å². The molecule has 2 aromatic rings. The molecule has 0 aliphatic carbocycles. The van der Waals surface area contributed by atoms with Gasteiger partial charge in [-0.3, -0.25) is 10.1 Å². The highest BCUT2D eigenvalue weighted by Gasteiger charge is 2.23. The van der Waals surface area contributed by atoms with Gasteiger partial charge in [0.05, 0.1) is 16.6 Å². The number of aliphatic hydroxyl groups excluding tert-OH is 1. The molecule has 0 unspecified atom stereocenters. The molecule has 0 radical (unpaired) electrons. The molecule has 0 aliphatic rings. The van der Waals surface area contributed by atoms with Gasteiger partial charge in [-0.05, 0) is 19.1 Å². The monoisotopic (exact) mass is 308 g/mol. The minimum atomic E-state index is -0.872. The van der Waals surface area contributed by atoms with Crippen molar-refractivity contribution in [2.75, 3.05) is 0 Å². The van der Waals surface area contributed by atoms with Crippen LogP contribution in [0.3, 0.4) is 0 Å². The molecule has 0 spiro atoms. The van der Waals surface area contributed by atoms with Gasteiger partial charge in [0.2, 0.25) is 0 Å². The number of hydrogen-bond acceptors (Lipinski definition) is 6. The fourth-order valence-electron chi connectivity index (χ4n) is 1.55. The van der Waals surface area contributed by atoms with Gasteiger partial charge in [0.25, 0.3) is 5.06 Å². The van der Waals surface area contributed by atoms with Crippen molar-refractivity contribution >= 4 is 17.0 Å². The van der Waals surface area contributed by atoms with E-state index in [1.807, 2.05) is 0 Å². The lowest BCUT2D eigenvalue weighted by Gasteiger charge is -2.03. The van der Waals surface area contributed by atoms with Crippen LogP contribution in [0.25, 0.3) is 0 Å². The third kappa shape index (κ3) is 3.16. The largest absolute Gasteiger partial charge is 0.440 e. The number of halogens is 1. The van der Waals surface area contributed by atoms with Gasteiger partial charge in [-0.2, -0.15) is 5.26 Å². The highest BCUT2D eigenvalue weighted by molar-refractivity contribution is 7.14. The number of hydrogen-bond donors (Lipinski definition) is 1. The molecule has 21 heavy (non-hydrogen) atoms. The summed E-state index contributed by atoms with van der Waals surface area (Å²) in [6, 6.07) is 6.42. The van der Waals surface area contributed by atoms with Crippen LogP contribution in [0.15, 0.2) is 24.3 Å². The molecule has 1 aromatic carbocycles. The molecule has 0 aliphatic heterocycles. The Balaban J connectivity index is 2.37. The Bertz CT molecular complexity index is 736. The van der Waals surface area contributed by atoms with Gasteiger partial charge in [0.15, 0.2) is 0 Å². The van der Waals surface area contributed by atoms with Crippen molar-refractivity contribution in [3.05, 3.63) is 50.6 Å². The minimum absolute atomic E-state index is 0.0357. The number of nitriles is 1. The molecule has 0 fully saturated rings. The predicted octanol–water partition coefficient (Wildman–Crippen LogP) is 3.51. The van der Waals surface area contributed by atoms with Crippen LogP contribution in [0.5, 0.6) is 10.8 Å². The van der Waals surface area contributed by atoms with E-state index in [4.69, 9.17) is 10.00 Å². The SMILES string of the molecule is C[C@@H](O)c1cc([N+](=O)[O-])c(Oc2ccc(C#N)c(F)c2)s1. The lowest BCUT2D eigenvalue weighted by Crippen LogP contribution is -1.91. The van der Waals surface area contributed by atoms with Crippen LogP contribution in [0.4, 0.5) is 10.1 Å². The maximum Gasteiger partial charge on any atom is 0.323 e. The summed E-state index contributed by atoms with van der Waals surface area (Å²) < 4.78 is 18.8. The number of nitrogens with zero attached hydrogens (tertiary/aromatic N) is 2. The zero-order valence-corrected chi connectivity index (χ0v) is 11.6. The summed E-state index contributed by atoms with van der Waals surface area (Å²) in [6.07, 6.45) is -0.872. The van der Waals surface area contributed by atoms with Gasteiger partial charge in [-0.25, -0.2) is 4.39 Å². The average Bonchev–Trinajstić information content (AvgIpc) is 2.83. The highest BCUT2D eigenvalue weighted by Crippen LogP contribution is 2.42. The van der Waals surface area contributed by atoms with Crippen molar-refractivity contribution in [3.8, 4) is 16.9 Å². The third-order valence-electron chi connectivity index (χ3n) is 2.58. The van der Waals surface area contributed by atoms with Gasteiger partial charge in [0, 0.05) is 17.0 Å². The summed E-state index contributed by atoms with van der Waals surface area (Å²) in [5, 5.41) is 29.0. The normalized spacial score (nSPS) is 11.7. The van der Waals surface area contributed by atoms with E-state index in [9.17, 15) is 19.6 Å². The summed E-state index contributed by atoms with van der Waals surface area (Å²) in [6.45, 7) is 1.47. The summed E-state index contributed by atoms with van der Waals surface area (Å²) in [5.41, 5.74) is -0.451. The zero-order valence-electron chi connectivity index (χ0n) is 10.7. The summed E-state index contributed by atoms with van der Waals surface area (Å²) in [7, 11) is 0. The Hall–Kier alpha value is -2.50. The van der Waals surface area contributed by atoms with Crippen LogP contribution < -0.4 is 4.74 Å². The van der Waals surface area contributed by atoms with E-state index < -0.39 is 16.8 Å². The van der Waals surface area contributed by atoms with E-state index in [0.717, 1.165) is 17.4 Å². The second kappa shape index (κ2) is 5.87. The van der Waals surface area contributed by atoms with Crippen molar-refractivity contribution in [1.82, 2.24) is 0 Å². The lowest BCUT2D eigenvalue weighted by atomic mass is 10.2. The topological polar surface area (TPSA) is 96.4 Å². The fraction of sp³-hybridized carbons (Fsp3) is 0.154. The van der Waals surface area contributed by atoms with Crippen LogP contribution >= 0.6 is 11.3 Å². The van der Waals surface area contributed by atoms with Crippen molar-refractivity contribution in [2.45, 2.75) is 13.0 Å². The molecular weight excluding hydrogens is 299 g/mol. The Morgan fingerprint density at radius 2 is 2.24 bits per heavy atom. The van der Waals surface area contributed by atoms with E-state index in [2.05, 4.69) is 0 Å². The first-order valence-corrected chi connectivity index (χ1v) is 6.57. The fourth-order valence-corrected chi connectivity index (χ4v) is 2.48. The summed E-state index contributed by atoms with van der Waals surface area (Å²) in [4.78, 5) is 10.7. The lowest BCUT2D eigenvalue weighted by molar-refractivity contribution is -0.385. The molecule has 0 amide bonds. The number of thiophene rings is 1. The molecule has 2 rings (SSSR count). The Morgan fingerprint density at radius 3 is 2.76 bits per heavy atom. The molecule has 108 valence electrons. The van der Waals surface area contributed by atoms with Gasteiger partial charge in [-0.15, -0.1) is 0 Å². The predicted molar refractivity (Wildman–Crippen MR) is 72.8 cm³/mol. The van der Waals surface area contributed by atoms with E-state index >= 15 is 0 Å². The van der Waals surface area contributed by atoms with E-state index in [-0.39, 0.29) is 22.1 Å². The molecule has 1 atom stereocenters. The smallest absolute Gasteiger partial charge is 0.323 e. The molecular formula is C13H9FN2O4S. The quantitative estimate of drug-likeness (QED) is 0.688. The molecule has 0 saturated carbocycles. The number of aliphatic hydroxyl groups is 1. The molecule has 1 N–H and O–H groups in total. The van der Waals surface area contributed by atoms with Crippen molar-refractivity contribution in [3.63, 3.8) is 0 Å². The maximum absolute atomic E-state index is 13.5. The second-order valence-electron chi connectivity index (χ2n) is 4.11. The molecule has 1 aromatic heterocycles.